The quantitative estimate of drug-likeness (QED) is 0.799. The Labute approximate surface area is 107 Å². The zero-order valence-electron chi connectivity index (χ0n) is 10.1. The first kappa shape index (κ1) is 10.8. The van der Waals surface area contributed by atoms with Crippen LogP contribution in [0.3, 0.4) is 0 Å². The van der Waals surface area contributed by atoms with Crippen LogP contribution in [-0.2, 0) is 0 Å². The van der Waals surface area contributed by atoms with Gasteiger partial charge in [0, 0.05) is 11.4 Å². The predicted octanol–water partition coefficient (Wildman–Crippen LogP) is 2.96. The van der Waals surface area contributed by atoms with Crippen LogP contribution in [0.4, 0.5) is 11.4 Å². The highest BCUT2D eigenvalue weighted by molar-refractivity contribution is 5.80. The van der Waals surface area contributed by atoms with Gasteiger partial charge >= 0.3 is 0 Å². The van der Waals surface area contributed by atoms with Crippen LogP contribution in [0.5, 0.6) is 0 Å². The predicted molar refractivity (Wildman–Crippen MR) is 76.1 cm³/mol. The molecule has 0 bridgehead atoms. The molecule has 0 unspecified atom stereocenters. The van der Waals surface area contributed by atoms with Crippen molar-refractivity contribution >= 4 is 17.7 Å². The molecule has 0 saturated heterocycles. The maximum Gasteiger partial charge on any atom is 0.113 e. The van der Waals surface area contributed by atoms with Gasteiger partial charge in [0.1, 0.15) is 6.67 Å². The monoisotopic (exact) mass is 237 g/mol. The molecule has 0 radical (unpaired) electrons. The van der Waals surface area contributed by atoms with E-state index in [0.29, 0.717) is 6.67 Å². The Morgan fingerprint density at radius 1 is 0.778 bits per heavy atom. The van der Waals surface area contributed by atoms with Crippen molar-refractivity contribution in [3.8, 4) is 0 Å². The molecular weight excluding hydrogens is 222 g/mol. The van der Waals surface area contributed by atoms with Crippen LogP contribution in [-0.4, -0.2) is 19.7 Å². The SMILES string of the molecule is C1=NCN(c2ccccc2)CN1c1ccccc1. The Bertz CT molecular complexity index is 522. The minimum Gasteiger partial charge on any atom is -0.334 e. The maximum absolute atomic E-state index is 4.42. The fraction of sp³-hybridized carbons (Fsp3) is 0.133. The van der Waals surface area contributed by atoms with Crippen molar-refractivity contribution in [2.24, 2.45) is 4.99 Å². The van der Waals surface area contributed by atoms with Crippen molar-refractivity contribution < 1.29 is 0 Å². The molecular formula is C15H15N3. The first-order chi connectivity index (χ1) is 8.93. The van der Waals surface area contributed by atoms with Gasteiger partial charge in [-0.2, -0.15) is 0 Å². The van der Waals surface area contributed by atoms with E-state index >= 15 is 0 Å². The number of nitrogens with zero attached hydrogens (tertiary/aromatic N) is 3. The summed E-state index contributed by atoms with van der Waals surface area (Å²) in [6.07, 6.45) is 1.91. The van der Waals surface area contributed by atoms with E-state index in [4.69, 9.17) is 0 Å². The second-order valence-corrected chi connectivity index (χ2v) is 4.26. The van der Waals surface area contributed by atoms with Crippen LogP contribution in [0.1, 0.15) is 0 Å². The number of hydrogen-bond acceptors (Lipinski definition) is 3. The average Bonchev–Trinajstić information content (AvgIpc) is 2.49. The molecule has 1 heterocycles. The molecule has 90 valence electrons. The van der Waals surface area contributed by atoms with E-state index in [2.05, 4.69) is 51.2 Å². The number of para-hydroxylation sites is 2. The standard InChI is InChI=1S/C15H15N3/c1-3-7-14(8-4-1)17-11-16-12-18(13-17)15-9-5-2-6-10-15/h1-11H,12-13H2. The van der Waals surface area contributed by atoms with E-state index in [1.54, 1.807) is 0 Å². The third kappa shape index (κ3) is 2.20. The Hall–Kier alpha value is -2.29. The summed E-state index contributed by atoms with van der Waals surface area (Å²) in [7, 11) is 0. The van der Waals surface area contributed by atoms with E-state index in [1.165, 1.54) is 11.4 Å². The van der Waals surface area contributed by atoms with E-state index in [0.717, 1.165) is 6.67 Å². The molecule has 0 atom stereocenters. The lowest BCUT2D eigenvalue weighted by atomic mass is 10.3. The molecule has 3 rings (SSSR count). The van der Waals surface area contributed by atoms with Crippen LogP contribution in [0.15, 0.2) is 65.7 Å². The molecule has 1 aliphatic rings. The van der Waals surface area contributed by atoms with Crippen LogP contribution >= 0.6 is 0 Å². The van der Waals surface area contributed by atoms with Gasteiger partial charge in [-0.15, -0.1) is 0 Å². The maximum atomic E-state index is 4.42. The molecule has 18 heavy (non-hydrogen) atoms. The third-order valence-corrected chi connectivity index (χ3v) is 3.01. The minimum absolute atomic E-state index is 0.716. The molecule has 1 aliphatic heterocycles. The number of rotatable bonds is 2. The Kier molecular flexibility index (Phi) is 2.96. The van der Waals surface area contributed by atoms with E-state index in [1.807, 2.05) is 30.6 Å². The second-order valence-electron chi connectivity index (χ2n) is 4.26. The fourth-order valence-corrected chi connectivity index (χ4v) is 2.07. The summed E-state index contributed by atoms with van der Waals surface area (Å²) in [5.74, 6) is 0. The van der Waals surface area contributed by atoms with Crippen LogP contribution in [0.2, 0.25) is 0 Å². The van der Waals surface area contributed by atoms with Crippen molar-refractivity contribution in [2.75, 3.05) is 23.1 Å². The smallest absolute Gasteiger partial charge is 0.113 e. The van der Waals surface area contributed by atoms with Crippen molar-refractivity contribution in [3.05, 3.63) is 60.7 Å². The van der Waals surface area contributed by atoms with E-state index < -0.39 is 0 Å². The van der Waals surface area contributed by atoms with Gasteiger partial charge in [0.05, 0.1) is 13.0 Å². The number of hydrogen-bond donors (Lipinski definition) is 0. The molecule has 0 saturated carbocycles. The third-order valence-electron chi connectivity index (χ3n) is 3.01. The van der Waals surface area contributed by atoms with Crippen molar-refractivity contribution in [2.45, 2.75) is 0 Å². The Morgan fingerprint density at radius 2 is 1.39 bits per heavy atom. The van der Waals surface area contributed by atoms with Crippen LogP contribution < -0.4 is 9.80 Å². The van der Waals surface area contributed by atoms with Crippen LogP contribution in [0, 0.1) is 0 Å². The summed E-state index contributed by atoms with van der Waals surface area (Å²) >= 11 is 0. The molecule has 0 amide bonds. The Balaban J connectivity index is 1.81. The van der Waals surface area contributed by atoms with Gasteiger partial charge in [-0.25, -0.2) is 0 Å². The second kappa shape index (κ2) is 4.92. The highest BCUT2D eigenvalue weighted by Gasteiger charge is 2.14. The first-order valence-electron chi connectivity index (χ1n) is 6.05. The minimum atomic E-state index is 0.716. The molecule has 2 aromatic carbocycles. The van der Waals surface area contributed by atoms with Gasteiger partial charge in [0.25, 0.3) is 0 Å². The topological polar surface area (TPSA) is 18.8 Å². The highest BCUT2D eigenvalue weighted by Crippen LogP contribution is 2.19. The fourth-order valence-electron chi connectivity index (χ4n) is 2.07. The summed E-state index contributed by atoms with van der Waals surface area (Å²) in [5, 5.41) is 0. The lowest BCUT2D eigenvalue weighted by Crippen LogP contribution is -2.41. The lowest BCUT2D eigenvalue weighted by molar-refractivity contribution is 0.785. The van der Waals surface area contributed by atoms with Gasteiger partial charge in [0.15, 0.2) is 0 Å². The molecule has 0 spiro atoms. The molecule has 0 aliphatic carbocycles. The lowest BCUT2D eigenvalue weighted by Gasteiger charge is -2.33. The first-order valence-corrected chi connectivity index (χ1v) is 6.05. The van der Waals surface area contributed by atoms with E-state index in [-0.39, 0.29) is 0 Å². The van der Waals surface area contributed by atoms with Gasteiger partial charge < -0.3 is 9.80 Å². The zero-order valence-corrected chi connectivity index (χ0v) is 10.1. The summed E-state index contributed by atoms with van der Waals surface area (Å²) in [6.45, 7) is 1.55. The molecule has 0 fully saturated rings. The highest BCUT2D eigenvalue weighted by atomic mass is 15.4. The molecule has 3 nitrogen and oxygen atoms in total. The largest absolute Gasteiger partial charge is 0.334 e. The number of aliphatic imine (C=N–C) groups is 1. The van der Waals surface area contributed by atoms with Crippen molar-refractivity contribution in [1.29, 1.82) is 0 Å². The zero-order chi connectivity index (χ0) is 12.2. The summed E-state index contributed by atoms with van der Waals surface area (Å²) in [4.78, 5) is 8.81. The van der Waals surface area contributed by atoms with Gasteiger partial charge in [-0.3, -0.25) is 4.99 Å². The van der Waals surface area contributed by atoms with Crippen molar-refractivity contribution in [3.63, 3.8) is 0 Å². The van der Waals surface area contributed by atoms with Gasteiger partial charge in [-0.05, 0) is 24.3 Å². The Morgan fingerprint density at radius 3 is 2.06 bits per heavy atom. The van der Waals surface area contributed by atoms with Gasteiger partial charge in [0.2, 0.25) is 0 Å². The molecule has 0 aromatic heterocycles. The molecule has 2 aromatic rings. The number of benzene rings is 2. The normalized spacial score (nSPS) is 14.9. The van der Waals surface area contributed by atoms with Gasteiger partial charge in [-0.1, -0.05) is 36.4 Å². The molecule has 3 heteroatoms. The number of anilines is 2. The molecule has 0 N–H and O–H groups in total. The summed E-state index contributed by atoms with van der Waals surface area (Å²) < 4.78 is 0. The van der Waals surface area contributed by atoms with E-state index in [9.17, 15) is 0 Å². The summed E-state index contributed by atoms with van der Waals surface area (Å²) in [6, 6.07) is 20.7. The van der Waals surface area contributed by atoms with Crippen molar-refractivity contribution in [1.82, 2.24) is 0 Å². The van der Waals surface area contributed by atoms with Crippen LogP contribution in [0.25, 0.3) is 0 Å². The average molecular weight is 237 g/mol. The summed E-state index contributed by atoms with van der Waals surface area (Å²) in [5.41, 5.74) is 2.37.